The first-order valence-electron chi connectivity index (χ1n) is 7.38. The number of ether oxygens (including phenoxy) is 2. The fourth-order valence-corrected chi connectivity index (χ4v) is 2.34. The highest BCUT2D eigenvalue weighted by Crippen LogP contribution is 2.25. The van der Waals surface area contributed by atoms with Crippen LogP contribution in [0.4, 0.5) is 5.69 Å². The van der Waals surface area contributed by atoms with Gasteiger partial charge in [0.15, 0.2) is 5.11 Å². The SMILES string of the molecule is COc1ccccc1CNNC(=S)Nc1cc(C(=O)O)ccc1OC. The number of carboxylic acid groups (broad SMARTS) is 1. The van der Waals surface area contributed by atoms with Crippen LogP contribution in [0.15, 0.2) is 42.5 Å². The van der Waals surface area contributed by atoms with E-state index in [4.69, 9.17) is 26.8 Å². The van der Waals surface area contributed by atoms with E-state index in [1.807, 2.05) is 24.3 Å². The van der Waals surface area contributed by atoms with E-state index in [1.165, 1.54) is 19.2 Å². The Balaban J connectivity index is 1.96. The topological polar surface area (TPSA) is 91.9 Å². The lowest BCUT2D eigenvalue weighted by Crippen LogP contribution is -2.39. The fraction of sp³-hybridized carbons (Fsp3) is 0.176. The number of thiocarbonyl (C=S) groups is 1. The number of carbonyl (C=O) groups is 1. The molecule has 0 fully saturated rings. The molecule has 0 amide bonds. The number of hydrazine groups is 1. The summed E-state index contributed by atoms with van der Waals surface area (Å²) in [5, 5.41) is 12.3. The molecule has 0 spiro atoms. The van der Waals surface area contributed by atoms with Gasteiger partial charge in [-0.3, -0.25) is 5.43 Å². The fourth-order valence-electron chi connectivity index (χ4n) is 2.16. The predicted octanol–water partition coefficient (Wildman–Crippen LogP) is 2.39. The van der Waals surface area contributed by atoms with Gasteiger partial charge in [-0.1, -0.05) is 18.2 Å². The quantitative estimate of drug-likeness (QED) is 0.441. The summed E-state index contributed by atoms with van der Waals surface area (Å²) in [5.41, 5.74) is 7.38. The summed E-state index contributed by atoms with van der Waals surface area (Å²) in [7, 11) is 3.11. The van der Waals surface area contributed by atoms with Gasteiger partial charge in [0, 0.05) is 12.1 Å². The van der Waals surface area contributed by atoms with E-state index in [-0.39, 0.29) is 10.7 Å². The number of hydrogen-bond acceptors (Lipinski definition) is 5. The molecule has 0 heterocycles. The molecule has 0 aromatic heterocycles. The van der Waals surface area contributed by atoms with Gasteiger partial charge in [-0.25, -0.2) is 10.2 Å². The zero-order chi connectivity index (χ0) is 18.2. The molecule has 0 unspecified atom stereocenters. The van der Waals surface area contributed by atoms with Crippen molar-refractivity contribution in [3.05, 3.63) is 53.6 Å². The van der Waals surface area contributed by atoms with E-state index in [0.29, 0.717) is 18.0 Å². The van der Waals surface area contributed by atoms with Gasteiger partial charge in [-0.15, -0.1) is 0 Å². The lowest BCUT2D eigenvalue weighted by Gasteiger charge is -2.15. The Kier molecular flexibility index (Phi) is 6.55. The summed E-state index contributed by atoms with van der Waals surface area (Å²) in [6.07, 6.45) is 0. The smallest absolute Gasteiger partial charge is 0.335 e. The highest BCUT2D eigenvalue weighted by molar-refractivity contribution is 7.80. The van der Waals surface area contributed by atoms with Gasteiger partial charge in [-0.2, -0.15) is 0 Å². The first-order chi connectivity index (χ1) is 12.0. The molecule has 7 nitrogen and oxygen atoms in total. The molecule has 0 aliphatic carbocycles. The second-order valence-corrected chi connectivity index (χ2v) is 5.37. The second kappa shape index (κ2) is 8.86. The van der Waals surface area contributed by atoms with Crippen molar-refractivity contribution in [1.82, 2.24) is 10.9 Å². The van der Waals surface area contributed by atoms with Crippen LogP contribution in [0.1, 0.15) is 15.9 Å². The molecule has 8 heteroatoms. The molecule has 0 bridgehead atoms. The van der Waals surface area contributed by atoms with Gasteiger partial charge in [0.05, 0.1) is 25.5 Å². The first-order valence-corrected chi connectivity index (χ1v) is 7.79. The van der Waals surface area contributed by atoms with Crippen molar-refractivity contribution in [2.45, 2.75) is 6.54 Å². The molecule has 0 saturated heterocycles. The van der Waals surface area contributed by atoms with Gasteiger partial charge in [-0.05, 0) is 36.5 Å². The summed E-state index contributed by atoms with van der Waals surface area (Å²) in [6, 6.07) is 12.1. The molecule has 0 aliphatic rings. The molecular weight excluding hydrogens is 342 g/mol. The number of rotatable bonds is 7. The number of benzene rings is 2. The Hall–Kier alpha value is -2.84. The second-order valence-electron chi connectivity index (χ2n) is 4.96. The van der Waals surface area contributed by atoms with Crippen molar-refractivity contribution >= 4 is 29.0 Å². The minimum atomic E-state index is -1.03. The maximum absolute atomic E-state index is 11.1. The number of para-hydroxylation sites is 1. The van der Waals surface area contributed by atoms with E-state index < -0.39 is 5.97 Å². The Labute approximate surface area is 150 Å². The Morgan fingerprint density at radius 2 is 1.84 bits per heavy atom. The maximum Gasteiger partial charge on any atom is 0.335 e. The molecule has 2 rings (SSSR count). The van der Waals surface area contributed by atoms with E-state index in [1.54, 1.807) is 13.2 Å². The molecular formula is C17H19N3O4S. The van der Waals surface area contributed by atoms with Crippen LogP contribution in [0.5, 0.6) is 11.5 Å². The van der Waals surface area contributed by atoms with Crippen LogP contribution in [-0.2, 0) is 6.54 Å². The molecule has 0 aliphatic heterocycles. The summed E-state index contributed by atoms with van der Waals surface area (Å²) >= 11 is 5.21. The van der Waals surface area contributed by atoms with Crippen molar-refractivity contribution in [3.63, 3.8) is 0 Å². The number of methoxy groups -OCH3 is 2. The van der Waals surface area contributed by atoms with Crippen LogP contribution >= 0.6 is 12.2 Å². The largest absolute Gasteiger partial charge is 0.496 e. The van der Waals surface area contributed by atoms with Gasteiger partial charge in [0.2, 0.25) is 0 Å². The number of anilines is 1. The lowest BCUT2D eigenvalue weighted by atomic mass is 10.2. The standard InChI is InChI=1S/C17H19N3O4S/c1-23-14-6-4-3-5-12(14)10-18-20-17(25)19-13-9-11(16(21)22)7-8-15(13)24-2/h3-9,18H,10H2,1-2H3,(H,21,22)(H2,19,20,25). The van der Waals surface area contributed by atoms with Gasteiger partial charge in [0.1, 0.15) is 11.5 Å². The van der Waals surface area contributed by atoms with Gasteiger partial charge in [0.25, 0.3) is 0 Å². The molecule has 132 valence electrons. The van der Waals surface area contributed by atoms with Crippen LogP contribution in [0.2, 0.25) is 0 Å². The average Bonchev–Trinajstić information content (AvgIpc) is 2.62. The molecule has 2 aromatic carbocycles. The third-order valence-corrected chi connectivity index (χ3v) is 3.57. The number of nitrogens with one attached hydrogen (secondary N) is 3. The molecule has 0 radical (unpaired) electrons. The van der Waals surface area contributed by atoms with Crippen LogP contribution < -0.4 is 25.6 Å². The predicted molar refractivity (Wildman–Crippen MR) is 99.1 cm³/mol. The summed E-state index contributed by atoms with van der Waals surface area (Å²) < 4.78 is 10.5. The Bertz CT molecular complexity index is 767. The third-order valence-electron chi connectivity index (χ3n) is 3.37. The molecule has 0 atom stereocenters. The van der Waals surface area contributed by atoms with Crippen LogP contribution in [0.25, 0.3) is 0 Å². The maximum atomic E-state index is 11.1. The molecule has 25 heavy (non-hydrogen) atoms. The van der Waals surface area contributed by atoms with E-state index in [2.05, 4.69) is 16.2 Å². The molecule has 0 saturated carbocycles. The number of carboxylic acids is 1. The lowest BCUT2D eigenvalue weighted by molar-refractivity contribution is 0.0697. The normalized spacial score (nSPS) is 10.0. The van der Waals surface area contributed by atoms with E-state index >= 15 is 0 Å². The summed E-state index contributed by atoms with van der Waals surface area (Å²) in [4.78, 5) is 11.1. The highest BCUT2D eigenvalue weighted by atomic mass is 32.1. The van der Waals surface area contributed by atoms with Crippen molar-refractivity contribution in [1.29, 1.82) is 0 Å². The summed E-state index contributed by atoms with van der Waals surface area (Å²) in [6.45, 7) is 0.484. The Morgan fingerprint density at radius 1 is 1.12 bits per heavy atom. The van der Waals surface area contributed by atoms with Crippen molar-refractivity contribution in [2.75, 3.05) is 19.5 Å². The Morgan fingerprint density at radius 3 is 2.52 bits per heavy atom. The zero-order valence-corrected chi connectivity index (χ0v) is 14.6. The first kappa shape index (κ1) is 18.5. The minimum Gasteiger partial charge on any atom is -0.496 e. The van der Waals surface area contributed by atoms with Crippen LogP contribution in [0, 0.1) is 0 Å². The monoisotopic (exact) mass is 361 g/mol. The number of aromatic carboxylic acids is 1. The molecule has 4 N–H and O–H groups in total. The summed E-state index contributed by atoms with van der Waals surface area (Å²) in [5.74, 6) is 0.226. The van der Waals surface area contributed by atoms with Gasteiger partial charge >= 0.3 is 5.97 Å². The molecule has 2 aromatic rings. The number of hydrogen-bond donors (Lipinski definition) is 4. The van der Waals surface area contributed by atoms with Crippen molar-refractivity contribution in [3.8, 4) is 11.5 Å². The minimum absolute atomic E-state index is 0.132. The van der Waals surface area contributed by atoms with Crippen molar-refractivity contribution in [2.24, 2.45) is 0 Å². The van der Waals surface area contributed by atoms with E-state index in [0.717, 1.165) is 11.3 Å². The third kappa shape index (κ3) is 5.07. The zero-order valence-electron chi connectivity index (χ0n) is 13.8. The van der Waals surface area contributed by atoms with E-state index in [9.17, 15) is 4.79 Å². The highest BCUT2D eigenvalue weighted by Gasteiger charge is 2.10. The van der Waals surface area contributed by atoms with Gasteiger partial charge < -0.3 is 19.9 Å². The van der Waals surface area contributed by atoms with Crippen molar-refractivity contribution < 1.29 is 19.4 Å². The van der Waals surface area contributed by atoms with Crippen LogP contribution in [-0.4, -0.2) is 30.4 Å². The average molecular weight is 361 g/mol. The van der Waals surface area contributed by atoms with Crippen LogP contribution in [0.3, 0.4) is 0 Å².